The van der Waals surface area contributed by atoms with Crippen LogP contribution in [0.25, 0.3) is 11.1 Å². The van der Waals surface area contributed by atoms with Gasteiger partial charge in [-0.25, -0.2) is 4.79 Å². The predicted molar refractivity (Wildman–Crippen MR) is 117 cm³/mol. The van der Waals surface area contributed by atoms with Crippen molar-refractivity contribution in [1.29, 1.82) is 0 Å². The zero-order valence-corrected chi connectivity index (χ0v) is 17.8. The number of carbonyl (C=O) groups is 3. The second-order valence-electron chi connectivity index (χ2n) is 7.85. The number of carboxylic acid groups (broad SMARTS) is 1. The summed E-state index contributed by atoms with van der Waals surface area (Å²) in [6.45, 7) is 3.70. The summed E-state index contributed by atoms with van der Waals surface area (Å²) in [5.41, 5.74) is 4.59. The standard InChI is InChI=1S/C24H28N2O5/c1-3-16(13-22(27)25-15(2)12-23(28)29)26-24(30)31-14-21-19-10-6-4-8-17(19)18-9-5-7-11-20(18)21/h4-11,15-16,21H,3,12-14H2,1-2H3,(H,25,27)(H,26,30)(H,28,29). The molecule has 164 valence electrons. The van der Waals surface area contributed by atoms with Crippen LogP contribution in [0, 0.1) is 0 Å². The van der Waals surface area contributed by atoms with Gasteiger partial charge in [0.05, 0.1) is 6.42 Å². The van der Waals surface area contributed by atoms with Gasteiger partial charge in [-0.1, -0.05) is 55.5 Å². The van der Waals surface area contributed by atoms with E-state index < -0.39 is 24.1 Å². The molecular formula is C24H28N2O5. The Morgan fingerprint density at radius 1 is 0.968 bits per heavy atom. The molecule has 0 bridgehead atoms. The van der Waals surface area contributed by atoms with Crippen molar-refractivity contribution in [2.24, 2.45) is 0 Å². The fourth-order valence-corrected chi connectivity index (χ4v) is 3.97. The minimum Gasteiger partial charge on any atom is -0.481 e. The highest BCUT2D eigenvalue weighted by Crippen LogP contribution is 2.44. The van der Waals surface area contributed by atoms with Crippen molar-refractivity contribution < 1.29 is 24.2 Å². The van der Waals surface area contributed by atoms with Crippen molar-refractivity contribution in [1.82, 2.24) is 10.6 Å². The maximum atomic E-state index is 12.4. The van der Waals surface area contributed by atoms with E-state index in [2.05, 4.69) is 34.9 Å². The molecule has 31 heavy (non-hydrogen) atoms. The number of nitrogens with one attached hydrogen (secondary N) is 2. The Morgan fingerprint density at radius 2 is 1.55 bits per heavy atom. The predicted octanol–water partition coefficient (Wildman–Crippen LogP) is 3.67. The van der Waals surface area contributed by atoms with Crippen molar-refractivity contribution >= 4 is 18.0 Å². The normalized spacial score (nSPS) is 14.1. The molecular weight excluding hydrogens is 396 g/mol. The smallest absolute Gasteiger partial charge is 0.407 e. The lowest BCUT2D eigenvalue weighted by Gasteiger charge is -2.19. The van der Waals surface area contributed by atoms with E-state index >= 15 is 0 Å². The van der Waals surface area contributed by atoms with Gasteiger partial charge in [0.25, 0.3) is 0 Å². The number of aliphatic carboxylic acids is 1. The molecule has 0 aliphatic heterocycles. The summed E-state index contributed by atoms with van der Waals surface area (Å²) in [4.78, 5) is 35.3. The summed E-state index contributed by atoms with van der Waals surface area (Å²) in [7, 11) is 0. The second kappa shape index (κ2) is 10.1. The molecule has 0 saturated carbocycles. The molecule has 7 nitrogen and oxygen atoms in total. The first kappa shape index (κ1) is 22.3. The van der Waals surface area contributed by atoms with Crippen LogP contribution in [0.4, 0.5) is 4.79 Å². The number of hydrogen-bond donors (Lipinski definition) is 3. The number of carboxylic acids is 1. The van der Waals surface area contributed by atoms with Crippen molar-refractivity contribution in [2.45, 2.75) is 51.1 Å². The van der Waals surface area contributed by atoms with Gasteiger partial charge in [-0.2, -0.15) is 0 Å². The minimum absolute atomic E-state index is 0.0293. The molecule has 0 aromatic heterocycles. The number of fused-ring (bicyclic) bond motifs is 3. The molecule has 3 N–H and O–H groups in total. The lowest BCUT2D eigenvalue weighted by atomic mass is 9.98. The number of amides is 2. The molecule has 0 saturated heterocycles. The van der Waals surface area contributed by atoms with Gasteiger partial charge in [-0.3, -0.25) is 9.59 Å². The van der Waals surface area contributed by atoms with E-state index in [0.717, 1.165) is 22.3 Å². The number of carbonyl (C=O) groups excluding carboxylic acids is 2. The lowest BCUT2D eigenvalue weighted by molar-refractivity contribution is -0.137. The van der Waals surface area contributed by atoms with Gasteiger partial charge >= 0.3 is 12.1 Å². The van der Waals surface area contributed by atoms with Gasteiger partial charge in [0.1, 0.15) is 6.61 Å². The molecule has 3 rings (SSSR count). The fourth-order valence-electron chi connectivity index (χ4n) is 3.97. The molecule has 2 aromatic carbocycles. The molecule has 2 amide bonds. The Kier molecular flexibility index (Phi) is 7.28. The van der Waals surface area contributed by atoms with E-state index in [-0.39, 0.29) is 31.3 Å². The van der Waals surface area contributed by atoms with Crippen LogP contribution in [0.5, 0.6) is 0 Å². The van der Waals surface area contributed by atoms with Crippen LogP contribution >= 0.6 is 0 Å². The monoisotopic (exact) mass is 424 g/mol. The molecule has 1 aliphatic rings. The number of rotatable bonds is 9. The average Bonchev–Trinajstić information content (AvgIpc) is 3.05. The van der Waals surface area contributed by atoms with Crippen molar-refractivity contribution in [2.75, 3.05) is 6.61 Å². The Labute approximate surface area is 181 Å². The van der Waals surface area contributed by atoms with Gasteiger partial charge < -0.3 is 20.5 Å². The molecule has 2 aromatic rings. The topological polar surface area (TPSA) is 105 Å². The molecule has 2 atom stereocenters. The summed E-state index contributed by atoms with van der Waals surface area (Å²) >= 11 is 0. The zero-order chi connectivity index (χ0) is 22.4. The van der Waals surface area contributed by atoms with Gasteiger partial charge in [0.15, 0.2) is 0 Å². The highest BCUT2D eigenvalue weighted by atomic mass is 16.5. The van der Waals surface area contributed by atoms with Gasteiger partial charge in [0.2, 0.25) is 5.91 Å². The van der Waals surface area contributed by atoms with Crippen LogP contribution in [-0.2, 0) is 14.3 Å². The van der Waals surface area contributed by atoms with E-state index in [1.807, 2.05) is 31.2 Å². The Morgan fingerprint density at radius 3 is 2.10 bits per heavy atom. The number of ether oxygens (including phenoxy) is 1. The van der Waals surface area contributed by atoms with E-state index in [1.54, 1.807) is 6.92 Å². The summed E-state index contributed by atoms with van der Waals surface area (Å²) in [6, 6.07) is 15.3. The molecule has 7 heteroatoms. The van der Waals surface area contributed by atoms with Crippen LogP contribution in [-0.4, -0.2) is 41.8 Å². The summed E-state index contributed by atoms with van der Waals surface area (Å²) in [6.07, 6.45) is -0.113. The maximum Gasteiger partial charge on any atom is 0.407 e. The molecule has 2 unspecified atom stereocenters. The van der Waals surface area contributed by atoms with Gasteiger partial charge in [-0.15, -0.1) is 0 Å². The first-order valence-electron chi connectivity index (χ1n) is 10.5. The number of hydrogen-bond acceptors (Lipinski definition) is 4. The molecule has 0 spiro atoms. The molecule has 0 radical (unpaired) electrons. The number of benzene rings is 2. The average molecular weight is 424 g/mol. The minimum atomic E-state index is -0.975. The molecule has 0 fully saturated rings. The molecule has 1 aliphatic carbocycles. The lowest BCUT2D eigenvalue weighted by Crippen LogP contribution is -2.41. The van der Waals surface area contributed by atoms with Crippen LogP contribution in [0.15, 0.2) is 48.5 Å². The van der Waals surface area contributed by atoms with E-state index in [1.165, 1.54) is 0 Å². The largest absolute Gasteiger partial charge is 0.481 e. The third kappa shape index (κ3) is 5.63. The third-order valence-corrected chi connectivity index (χ3v) is 5.48. The van der Waals surface area contributed by atoms with Crippen LogP contribution in [0.2, 0.25) is 0 Å². The third-order valence-electron chi connectivity index (χ3n) is 5.48. The maximum absolute atomic E-state index is 12.4. The first-order chi connectivity index (χ1) is 14.9. The first-order valence-corrected chi connectivity index (χ1v) is 10.5. The van der Waals surface area contributed by atoms with E-state index in [4.69, 9.17) is 9.84 Å². The highest BCUT2D eigenvalue weighted by Gasteiger charge is 2.29. The summed E-state index contributed by atoms with van der Waals surface area (Å²) in [5, 5.41) is 14.2. The second-order valence-corrected chi connectivity index (χ2v) is 7.85. The summed E-state index contributed by atoms with van der Waals surface area (Å²) in [5.74, 6) is -1.31. The fraction of sp³-hybridized carbons (Fsp3) is 0.375. The summed E-state index contributed by atoms with van der Waals surface area (Å²) < 4.78 is 5.53. The van der Waals surface area contributed by atoms with Crippen LogP contribution in [0.1, 0.15) is 50.2 Å². The Bertz CT molecular complexity index is 913. The van der Waals surface area contributed by atoms with Crippen molar-refractivity contribution in [3.63, 3.8) is 0 Å². The molecule has 0 heterocycles. The zero-order valence-electron chi connectivity index (χ0n) is 17.8. The number of alkyl carbamates (subject to hydrolysis) is 1. The highest BCUT2D eigenvalue weighted by molar-refractivity contribution is 5.80. The van der Waals surface area contributed by atoms with Gasteiger partial charge in [0, 0.05) is 24.4 Å². The quantitative estimate of drug-likeness (QED) is 0.570. The van der Waals surface area contributed by atoms with Crippen LogP contribution in [0.3, 0.4) is 0 Å². The SMILES string of the molecule is CCC(CC(=O)NC(C)CC(=O)O)NC(=O)OCC1c2ccccc2-c2ccccc21. The van der Waals surface area contributed by atoms with Crippen molar-refractivity contribution in [3.05, 3.63) is 59.7 Å². The van der Waals surface area contributed by atoms with E-state index in [9.17, 15) is 14.4 Å². The van der Waals surface area contributed by atoms with Crippen LogP contribution < -0.4 is 10.6 Å². The van der Waals surface area contributed by atoms with Crippen molar-refractivity contribution in [3.8, 4) is 11.1 Å². The van der Waals surface area contributed by atoms with E-state index in [0.29, 0.717) is 6.42 Å². The Balaban J connectivity index is 1.55. The Hall–Kier alpha value is -3.35. The van der Waals surface area contributed by atoms with Gasteiger partial charge in [-0.05, 0) is 35.6 Å².